The number of aromatic nitrogens is 4. The molecule has 0 aliphatic carbocycles. The number of likely N-dealkylation sites (N-methyl/N-ethyl adjacent to an activating group) is 2. The van der Waals surface area contributed by atoms with E-state index in [9.17, 15) is 4.39 Å². The van der Waals surface area contributed by atoms with Crippen molar-refractivity contribution in [3.63, 3.8) is 0 Å². The molecule has 2 unspecified atom stereocenters. The monoisotopic (exact) mass is 592 g/mol. The number of nitrogens with one attached hydrogen (secondary N) is 1. The number of benzene rings is 2. The second-order valence-corrected chi connectivity index (χ2v) is 12.3. The van der Waals surface area contributed by atoms with E-state index in [-0.39, 0.29) is 16.8 Å². The molecule has 0 saturated carbocycles. The first kappa shape index (κ1) is 28.3. The van der Waals surface area contributed by atoms with Gasteiger partial charge in [-0.15, -0.1) is 6.42 Å². The van der Waals surface area contributed by atoms with Crippen LogP contribution in [0.25, 0.3) is 44.0 Å². The highest BCUT2D eigenvalue weighted by Crippen LogP contribution is 2.40. The lowest BCUT2D eigenvalue weighted by atomic mass is 9.94. The topological polar surface area (TPSA) is 73.3 Å². The molecular weight excluding hydrogens is 558 g/mol. The minimum Gasteiger partial charge on any atom is -0.367 e. The van der Waals surface area contributed by atoms with E-state index in [0.29, 0.717) is 40.0 Å². The number of piperazine rings is 1. The molecule has 2 bridgehead atoms. The normalized spacial score (nSPS) is 18.1. The number of nitrogens with zero attached hydrogens (tertiary/aromatic N) is 7. The third kappa shape index (κ3) is 4.77. The number of terminal acetylenes is 1. The fraction of sp³-hybridized carbons (Fsp3) is 0.353. The highest BCUT2D eigenvalue weighted by atomic mass is 19.1. The van der Waals surface area contributed by atoms with Crippen molar-refractivity contribution in [3.8, 4) is 23.6 Å². The average Bonchev–Trinajstić information content (AvgIpc) is 3.35. The maximum Gasteiger partial charge on any atom is 0.227 e. The Morgan fingerprint density at radius 3 is 2.48 bits per heavy atom. The molecule has 5 aromatic rings. The molecule has 2 saturated heterocycles. The van der Waals surface area contributed by atoms with Gasteiger partial charge in [0.1, 0.15) is 17.0 Å². The minimum atomic E-state index is -0.594. The highest BCUT2D eigenvalue weighted by Gasteiger charge is 2.34. The summed E-state index contributed by atoms with van der Waals surface area (Å²) in [6.45, 7) is 5.02. The fourth-order valence-electron chi connectivity index (χ4n) is 6.69. The lowest BCUT2D eigenvalue weighted by molar-refractivity contribution is 0.415. The Bertz CT molecular complexity index is 1970. The highest BCUT2D eigenvalue weighted by molar-refractivity contribution is 6.08. The second kappa shape index (κ2) is 10.9. The number of hydrogen-bond acceptors (Lipinski definition) is 8. The van der Waals surface area contributed by atoms with Crippen LogP contribution in [-0.4, -0.2) is 84.2 Å². The van der Waals surface area contributed by atoms with Crippen molar-refractivity contribution in [3.05, 3.63) is 59.4 Å². The quantitative estimate of drug-likeness (QED) is 0.221. The summed E-state index contributed by atoms with van der Waals surface area (Å²) in [6.07, 6.45) is 11.4. The standard InChI is InChI=1S/C34H34F2N8/c1-6-23-27(35)10-7-20-13-19(2)14-24(28(20)23)30-29(36)31-25(15-37-30)32(44-17-21-8-9-22(18-44)39-21)26-16-38-34(41-33(26)40-31)43(5)12-11-42(3)4/h1,7,10,13-16,21-22,39H,8-9,11-12,17-18H2,2-5H3. The van der Waals surface area contributed by atoms with Crippen LogP contribution in [0.5, 0.6) is 0 Å². The molecule has 8 nitrogen and oxygen atoms in total. The Balaban J connectivity index is 1.47. The lowest BCUT2D eigenvalue weighted by Gasteiger charge is -2.35. The Labute approximate surface area is 255 Å². The predicted molar refractivity (Wildman–Crippen MR) is 172 cm³/mol. The van der Waals surface area contributed by atoms with Crippen LogP contribution < -0.4 is 15.1 Å². The number of fused-ring (bicyclic) bond motifs is 5. The maximum absolute atomic E-state index is 16.9. The summed E-state index contributed by atoms with van der Waals surface area (Å²) in [7, 11) is 5.97. The van der Waals surface area contributed by atoms with Crippen LogP contribution in [0, 0.1) is 30.9 Å². The van der Waals surface area contributed by atoms with E-state index in [1.54, 1.807) is 24.5 Å². The number of rotatable bonds is 6. The zero-order valence-electron chi connectivity index (χ0n) is 25.3. The molecule has 0 radical (unpaired) electrons. The third-order valence-electron chi connectivity index (χ3n) is 8.85. The van der Waals surface area contributed by atoms with Crippen molar-refractivity contribution in [2.45, 2.75) is 31.8 Å². The summed E-state index contributed by atoms with van der Waals surface area (Å²) in [5.74, 6) is 1.86. The zero-order valence-corrected chi connectivity index (χ0v) is 25.3. The Kier molecular flexibility index (Phi) is 7.03. The maximum atomic E-state index is 16.9. The van der Waals surface area contributed by atoms with Crippen LogP contribution >= 0.6 is 0 Å². The number of halogens is 2. The largest absolute Gasteiger partial charge is 0.367 e. The van der Waals surface area contributed by atoms with Crippen LogP contribution in [-0.2, 0) is 0 Å². The van der Waals surface area contributed by atoms with Crippen LogP contribution in [0.1, 0.15) is 24.0 Å². The molecule has 5 heterocycles. The van der Waals surface area contributed by atoms with Gasteiger partial charge in [0.05, 0.1) is 16.6 Å². The lowest BCUT2D eigenvalue weighted by Crippen LogP contribution is -2.51. The Morgan fingerprint density at radius 1 is 1.00 bits per heavy atom. The smallest absolute Gasteiger partial charge is 0.227 e. The molecule has 224 valence electrons. The number of anilines is 2. The van der Waals surface area contributed by atoms with Crippen LogP contribution in [0.2, 0.25) is 0 Å². The number of pyridine rings is 2. The van der Waals surface area contributed by atoms with Gasteiger partial charge in [0.15, 0.2) is 11.5 Å². The summed E-state index contributed by atoms with van der Waals surface area (Å²) in [5, 5.41) is 6.21. The molecule has 0 amide bonds. The Hall–Kier alpha value is -4.46. The van der Waals surface area contributed by atoms with E-state index >= 15 is 4.39 Å². The van der Waals surface area contributed by atoms with Gasteiger partial charge < -0.3 is 20.0 Å². The minimum absolute atomic E-state index is 0.0730. The second-order valence-electron chi connectivity index (χ2n) is 12.3. The van der Waals surface area contributed by atoms with E-state index < -0.39 is 11.6 Å². The van der Waals surface area contributed by atoms with Crippen molar-refractivity contribution in [1.29, 1.82) is 0 Å². The first-order valence-electron chi connectivity index (χ1n) is 14.9. The zero-order chi connectivity index (χ0) is 30.7. The van der Waals surface area contributed by atoms with Gasteiger partial charge in [0.25, 0.3) is 0 Å². The van der Waals surface area contributed by atoms with Crippen molar-refractivity contribution in [2.75, 3.05) is 57.1 Å². The summed E-state index contributed by atoms with van der Waals surface area (Å²) in [6, 6.07) is 7.43. The molecular formula is C34H34F2N8. The molecule has 10 heteroatoms. The summed E-state index contributed by atoms with van der Waals surface area (Å²) in [4.78, 5) is 25.4. The Morgan fingerprint density at radius 2 is 1.75 bits per heavy atom. The number of aryl methyl sites for hydroxylation is 1. The molecule has 2 fully saturated rings. The summed E-state index contributed by atoms with van der Waals surface area (Å²) < 4.78 is 31.8. The molecule has 3 aromatic heterocycles. The molecule has 0 spiro atoms. The molecule has 2 aromatic carbocycles. The van der Waals surface area contributed by atoms with Gasteiger partial charge >= 0.3 is 0 Å². The molecule has 1 N–H and O–H groups in total. The van der Waals surface area contributed by atoms with Gasteiger partial charge in [-0.2, -0.15) is 4.98 Å². The molecule has 44 heavy (non-hydrogen) atoms. The molecule has 7 rings (SSSR count). The van der Waals surface area contributed by atoms with Gasteiger partial charge in [0.2, 0.25) is 5.95 Å². The number of hydrogen-bond donors (Lipinski definition) is 1. The van der Waals surface area contributed by atoms with E-state index in [1.165, 1.54) is 6.07 Å². The van der Waals surface area contributed by atoms with E-state index in [4.69, 9.17) is 21.4 Å². The molecule has 2 aliphatic heterocycles. The van der Waals surface area contributed by atoms with Crippen molar-refractivity contribution in [2.24, 2.45) is 0 Å². The van der Waals surface area contributed by atoms with Gasteiger partial charge in [-0.05, 0) is 56.9 Å². The molecule has 2 atom stereocenters. The molecule has 2 aliphatic rings. The van der Waals surface area contributed by atoms with Crippen molar-refractivity contribution < 1.29 is 8.78 Å². The summed E-state index contributed by atoms with van der Waals surface area (Å²) >= 11 is 0. The fourth-order valence-corrected chi connectivity index (χ4v) is 6.69. The van der Waals surface area contributed by atoms with Gasteiger partial charge in [-0.3, -0.25) is 4.98 Å². The SMILES string of the molecule is C#Cc1c(F)ccc2cc(C)cc(-c3ncc4c(N5CC6CCC(C5)N6)c5cnc(N(C)CCN(C)C)nc5nc4c3F)c12. The van der Waals surface area contributed by atoms with Gasteiger partial charge in [-0.25, -0.2) is 18.7 Å². The summed E-state index contributed by atoms with van der Waals surface area (Å²) in [5.41, 5.74) is 2.89. The van der Waals surface area contributed by atoms with Crippen LogP contribution in [0.4, 0.5) is 20.4 Å². The van der Waals surface area contributed by atoms with Gasteiger partial charge in [-0.1, -0.05) is 18.1 Å². The van der Waals surface area contributed by atoms with Crippen molar-refractivity contribution >= 4 is 44.3 Å². The van der Waals surface area contributed by atoms with Crippen LogP contribution in [0.15, 0.2) is 36.7 Å². The third-order valence-corrected chi connectivity index (χ3v) is 8.85. The first-order valence-corrected chi connectivity index (χ1v) is 14.9. The van der Waals surface area contributed by atoms with E-state index in [2.05, 4.69) is 26.0 Å². The van der Waals surface area contributed by atoms with Gasteiger partial charge in [0, 0.05) is 74.0 Å². The van der Waals surface area contributed by atoms with Crippen molar-refractivity contribution in [1.82, 2.24) is 30.2 Å². The van der Waals surface area contributed by atoms with E-state index in [0.717, 1.165) is 61.0 Å². The first-order chi connectivity index (χ1) is 21.2. The van der Waals surface area contributed by atoms with Crippen LogP contribution in [0.3, 0.4) is 0 Å². The predicted octanol–water partition coefficient (Wildman–Crippen LogP) is 4.90. The average molecular weight is 593 g/mol. The van der Waals surface area contributed by atoms with E-state index in [1.807, 2.05) is 39.0 Å².